The zero-order valence-corrected chi connectivity index (χ0v) is 22.4. The van der Waals surface area contributed by atoms with Crippen molar-refractivity contribution in [3.8, 4) is 5.75 Å². The van der Waals surface area contributed by atoms with Gasteiger partial charge < -0.3 is 20.1 Å². The highest BCUT2D eigenvalue weighted by molar-refractivity contribution is 5.88. The van der Waals surface area contributed by atoms with Crippen molar-refractivity contribution in [2.75, 3.05) is 6.61 Å². The lowest BCUT2D eigenvalue weighted by Gasteiger charge is -2.64. The first-order valence-corrected chi connectivity index (χ1v) is 14.4. The first-order valence-electron chi connectivity index (χ1n) is 14.4. The van der Waals surface area contributed by atoms with Gasteiger partial charge in [-0.2, -0.15) is 5.10 Å². The Morgan fingerprint density at radius 1 is 1.14 bits per heavy atom. The molecule has 4 N–H and O–H groups in total. The van der Waals surface area contributed by atoms with E-state index in [0.717, 1.165) is 32.1 Å². The molecular weight excluding hydrogens is 456 g/mol. The predicted molar refractivity (Wildman–Crippen MR) is 137 cm³/mol. The van der Waals surface area contributed by atoms with Crippen molar-refractivity contribution in [3.63, 3.8) is 0 Å². The fourth-order valence-corrected chi connectivity index (χ4v) is 10.0. The largest absolute Gasteiger partial charge is 0.489 e. The van der Waals surface area contributed by atoms with Crippen molar-refractivity contribution in [2.24, 2.45) is 52.3 Å². The molecule has 4 aliphatic carbocycles. The molecule has 1 heterocycles. The van der Waals surface area contributed by atoms with Crippen molar-refractivity contribution in [2.45, 2.75) is 97.7 Å². The third-order valence-electron chi connectivity index (χ3n) is 11.8. The molecular formula is C29H46N2O5. The molecule has 5 rings (SSSR count). The van der Waals surface area contributed by atoms with E-state index in [4.69, 9.17) is 4.74 Å². The van der Waals surface area contributed by atoms with Gasteiger partial charge in [0.05, 0.1) is 25.0 Å². The molecule has 0 aliphatic heterocycles. The van der Waals surface area contributed by atoms with Crippen LogP contribution in [-0.4, -0.2) is 50.3 Å². The van der Waals surface area contributed by atoms with Crippen molar-refractivity contribution in [1.82, 2.24) is 10.2 Å². The Kier molecular flexibility index (Phi) is 6.95. The number of aromatic nitrogens is 2. The maximum atomic E-state index is 11.8. The van der Waals surface area contributed by atoms with Gasteiger partial charge in [-0.05, 0) is 104 Å². The second-order valence-electron chi connectivity index (χ2n) is 13.2. The lowest BCUT2D eigenvalue weighted by atomic mass is 9.41. The summed E-state index contributed by atoms with van der Waals surface area (Å²) in [7, 11) is 0. The van der Waals surface area contributed by atoms with Gasteiger partial charge in [0.25, 0.3) is 0 Å². The van der Waals surface area contributed by atoms with Crippen LogP contribution in [0.3, 0.4) is 0 Å². The van der Waals surface area contributed by atoms with E-state index in [2.05, 4.69) is 37.9 Å². The number of carboxylic acids is 1. The van der Waals surface area contributed by atoms with E-state index < -0.39 is 5.97 Å². The lowest BCUT2D eigenvalue weighted by molar-refractivity contribution is -0.203. The molecule has 4 aliphatic rings. The number of nitrogens with zero attached hydrogens (tertiary/aromatic N) is 1. The minimum Gasteiger partial charge on any atom is -0.489 e. The van der Waals surface area contributed by atoms with Crippen LogP contribution in [0.5, 0.6) is 5.75 Å². The second-order valence-corrected chi connectivity index (χ2v) is 13.2. The van der Waals surface area contributed by atoms with Crippen LogP contribution in [-0.2, 0) is 0 Å². The highest BCUT2D eigenvalue weighted by Crippen LogP contribution is 2.69. The normalized spacial score (nSPS) is 44.8. The van der Waals surface area contributed by atoms with Gasteiger partial charge in [-0.1, -0.05) is 34.1 Å². The summed E-state index contributed by atoms with van der Waals surface area (Å²) in [4.78, 5) is 11.3. The number of hydrogen-bond donors (Lipinski definition) is 4. The van der Waals surface area contributed by atoms with Crippen LogP contribution in [0.2, 0.25) is 0 Å². The number of fused-ring (bicyclic) bond motifs is 5. The number of hydrogen-bond acceptors (Lipinski definition) is 5. The molecule has 11 atom stereocenters. The van der Waals surface area contributed by atoms with E-state index in [-0.39, 0.29) is 34.6 Å². The van der Waals surface area contributed by atoms with Gasteiger partial charge in [0.15, 0.2) is 11.4 Å². The number of aliphatic hydroxyl groups excluding tert-OH is 2. The van der Waals surface area contributed by atoms with E-state index in [0.29, 0.717) is 47.9 Å². The molecule has 7 heteroatoms. The predicted octanol–water partition coefficient (Wildman–Crippen LogP) is 5.14. The van der Waals surface area contributed by atoms with Gasteiger partial charge in [-0.15, -0.1) is 0 Å². The summed E-state index contributed by atoms with van der Waals surface area (Å²) < 4.78 is 5.82. The number of rotatable bonds is 7. The fourth-order valence-electron chi connectivity index (χ4n) is 10.0. The quantitative estimate of drug-likeness (QED) is 0.410. The summed E-state index contributed by atoms with van der Waals surface area (Å²) in [6.45, 7) is 10.0. The molecule has 4 saturated carbocycles. The maximum Gasteiger partial charge on any atom is 0.357 e. The Labute approximate surface area is 215 Å². The number of carbonyl (C=O) groups is 1. The minimum atomic E-state index is -1.06. The topological polar surface area (TPSA) is 116 Å². The molecule has 7 nitrogen and oxygen atoms in total. The summed E-state index contributed by atoms with van der Waals surface area (Å²) in [5.41, 5.74) is 0.460. The summed E-state index contributed by atoms with van der Waals surface area (Å²) in [6, 6.07) is 0. The number of H-pyrrole nitrogens is 1. The van der Waals surface area contributed by atoms with Crippen LogP contribution < -0.4 is 4.74 Å². The Balaban J connectivity index is 1.30. The van der Waals surface area contributed by atoms with Crippen molar-refractivity contribution in [3.05, 3.63) is 11.9 Å². The SMILES string of the molecule is CC[C@H]1[C@@H](O)[C@@H]2[C@H](CC[C@]3(C)[C@@H]([C@H](C)CCOc4cn[nH]c4C(=O)O)CC[C@@H]23)[C@@]2(C)CC[C@@H](O)C[C@@H]12. The van der Waals surface area contributed by atoms with E-state index in [9.17, 15) is 20.1 Å². The monoisotopic (exact) mass is 502 g/mol. The summed E-state index contributed by atoms with van der Waals surface area (Å²) in [5.74, 6) is 2.48. The summed E-state index contributed by atoms with van der Waals surface area (Å²) in [5, 5.41) is 37.9. The Hall–Kier alpha value is -1.60. The minimum absolute atomic E-state index is 0.00709. The third-order valence-corrected chi connectivity index (χ3v) is 11.8. The Morgan fingerprint density at radius 3 is 2.58 bits per heavy atom. The molecule has 1 aromatic heterocycles. The summed E-state index contributed by atoms with van der Waals surface area (Å²) in [6.07, 6.45) is 10.5. The second kappa shape index (κ2) is 9.61. The molecule has 4 fully saturated rings. The standard InChI is InChI=1S/C29H46N2O5/c1-5-18-22-14-17(32)8-11-29(22,4)21-9-12-28(3)19(6-7-20(28)24(21)26(18)33)16(2)10-13-36-23-15-30-31-25(23)27(34)35/h15-22,24,26,32-33H,5-14H2,1-4H3,(H,30,31)(H,34,35)/t16-,17-,18-,19-,20+,21+,22+,24+,26-,28-,29-/m1/s1. The van der Waals surface area contributed by atoms with Gasteiger partial charge in [0.2, 0.25) is 0 Å². The number of aromatic amines is 1. The summed E-state index contributed by atoms with van der Waals surface area (Å²) >= 11 is 0. The van der Waals surface area contributed by atoms with E-state index >= 15 is 0 Å². The smallest absolute Gasteiger partial charge is 0.357 e. The van der Waals surface area contributed by atoms with Gasteiger partial charge in [0.1, 0.15) is 0 Å². The molecule has 0 unspecified atom stereocenters. The Bertz CT molecular complexity index is 950. The molecule has 0 bridgehead atoms. The van der Waals surface area contributed by atoms with E-state index in [1.54, 1.807) is 0 Å². The van der Waals surface area contributed by atoms with Crippen molar-refractivity contribution >= 4 is 5.97 Å². The fraction of sp³-hybridized carbons (Fsp3) is 0.862. The molecule has 0 aromatic carbocycles. The highest BCUT2D eigenvalue weighted by atomic mass is 16.5. The maximum absolute atomic E-state index is 11.8. The molecule has 1 aromatic rings. The number of aromatic carboxylic acids is 1. The first kappa shape index (κ1) is 26.0. The zero-order valence-electron chi connectivity index (χ0n) is 22.4. The van der Waals surface area contributed by atoms with Crippen LogP contribution in [0, 0.1) is 52.3 Å². The van der Waals surface area contributed by atoms with Gasteiger partial charge in [-0.25, -0.2) is 4.79 Å². The number of ether oxygens (including phenoxy) is 1. The lowest BCUT2D eigenvalue weighted by Crippen LogP contribution is -2.62. The third kappa shape index (κ3) is 4.00. The average molecular weight is 503 g/mol. The first-order chi connectivity index (χ1) is 17.1. The zero-order chi connectivity index (χ0) is 25.8. The number of aliphatic hydroxyl groups is 2. The highest BCUT2D eigenvalue weighted by Gasteiger charge is 2.64. The molecule has 0 amide bonds. The van der Waals surface area contributed by atoms with Crippen LogP contribution in [0.15, 0.2) is 6.20 Å². The number of nitrogens with one attached hydrogen (secondary N) is 1. The van der Waals surface area contributed by atoms with Gasteiger partial charge in [0, 0.05) is 0 Å². The molecule has 202 valence electrons. The van der Waals surface area contributed by atoms with Gasteiger partial charge >= 0.3 is 5.97 Å². The van der Waals surface area contributed by atoms with E-state index in [1.165, 1.54) is 31.9 Å². The van der Waals surface area contributed by atoms with Crippen molar-refractivity contribution < 1.29 is 24.9 Å². The van der Waals surface area contributed by atoms with Crippen LogP contribution in [0.4, 0.5) is 0 Å². The molecule has 36 heavy (non-hydrogen) atoms. The molecule has 0 spiro atoms. The van der Waals surface area contributed by atoms with E-state index in [1.807, 2.05) is 0 Å². The Morgan fingerprint density at radius 2 is 1.86 bits per heavy atom. The molecule has 0 saturated heterocycles. The van der Waals surface area contributed by atoms with Gasteiger partial charge in [-0.3, -0.25) is 5.10 Å². The van der Waals surface area contributed by atoms with Crippen molar-refractivity contribution in [1.29, 1.82) is 0 Å². The van der Waals surface area contributed by atoms with Crippen LogP contribution >= 0.6 is 0 Å². The number of carboxylic acid groups (broad SMARTS) is 1. The average Bonchev–Trinajstić information content (AvgIpc) is 3.44. The molecule has 0 radical (unpaired) electrons. The van der Waals surface area contributed by atoms with Crippen LogP contribution in [0.25, 0.3) is 0 Å². The van der Waals surface area contributed by atoms with Crippen LogP contribution in [0.1, 0.15) is 96.0 Å².